The van der Waals surface area contributed by atoms with Gasteiger partial charge in [-0.3, -0.25) is 0 Å². The molecular weight excluding hydrogens is 165 g/mol. The van der Waals surface area contributed by atoms with Crippen molar-refractivity contribution in [3.63, 3.8) is 0 Å². The van der Waals surface area contributed by atoms with E-state index < -0.39 is 0 Å². The Morgan fingerprint density at radius 2 is 2.00 bits per heavy atom. The Morgan fingerprint density at radius 1 is 1.31 bits per heavy atom. The zero-order valence-corrected chi connectivity index (χ0v) is 8.45. The summed E-state index contributed by atoms with van der Waals surface area (Å²) < 4.78 is 13.2. The Balaban J connectivity index is 2.86. The van der Waals surface area contributed by atoms with Gasteiger partial charge in [-0.05, 0) is 56.6 Å². The van der Waals surface area contributed by atoms with E-state index in [0.717, 1.165) is 29.7 Å². The first-order chi connectivity index (χ1) is 6.15. The molecule has 0 bridgehead atoms. The van der Waals surface area contributed by atoms with E-state index >= 15 is 0 Å². The van der Waals surface area contributed by atoms with Gasteiger partial charge in [-0.15, -0.1) is 0 Å². The summed E-state index contributed by atoms with van der Waals surface area (Å²) in [5.41, 5.74) is 2.86. The van der Waals surface area contributed by atoms with E-state index in [2.05, 4.69) is 11.4 Å². The SMILES string of the molecule is CNCCc1cc(C)c(C)c(F)c1. The van der Waals surface area contributed by atoms with Crippen molar-refractivity contribution in [2.24, 2.45) is 0 Å². The summed E-state index contributed by atoms with van der Waals surface area (Å²) in [4.78, 5) is 0. The fraction of sp³-hybridized carbons (Fsp3) is 0.455. The summed E-state index contributed by atoms with van der Waals surface area (Å²) in [5.74, 6) is -0.0916. The molecular formula is C11H16FN. The predicted molar refractivity (Wildman–Crippen MR) is 53.5 cm³/mol. The second-order valence-corrected chi connectivity index (χ2v) is 3.37. The molecule has 1 nitrogen and oxygen atoms in total. The topological polar surface area (TPSA) is 12.0 Å². The van der Waals surface area contributed by atoms with Gasteiger partial charge in [0.05, 0.1) is 0 Å². The number of benzene rings is 1. The van der Waals surface area contributed by atoms with Gasteiger partial charge in [0.2, 0.25) is 0 Å². The van der Waals surface area contributed by atoms with Crippen molar-refractivity contribution < 1.29 is 4.39 Å². The molecule has 0 aliphatic rings. The van der Waals surface area contributed by atoms with Crippen molar-refractivity contribution in [2.45, 2.75) is 20.3 Å². The highest BCUT2D eigenvalue weighted by molar-refractivity contribution is 5.31. The summed E-state index contributed by atoms with van der Waals surface area (Å²) in [5, 5.41) is 3.05. The second-order valence-electron chi connectivity index (χ2n) is 3.37. The van der Waals surface area contributed by atoms with E-state index in [4.69, 9.17) is 0 Å². The minimum absolute atomic E-state index is 0.0916. The highest BCUT2D eigenvalue weighted by atomic mass is 19.1. The predicted octanol–water partition coefficient (Wildman–Crippen LogP) is 2.20. The van der Waals surface area contributed by atoms with Gasteiger partial charge in [0.1, 0.15) is 5.82 Å². The van der Waals surface area contributed by atoms with E-state index in [9.17, 15) is 4.39 Å². The molecule has 72 valence electrons. The van der Waals surface area contributed by atoms with Crippen molar-refractivity contribution in [3.8, 4) is 0 Å². The molecule has 1 rings (SSSR count). The third kappa shape index (κ3) is 2.52. The maximum absolute atomic E-state index is 13.2. The molecule has 0 amide bonds. The molecule has 1 N–H and O–H groups in total. The lowest BCUT2D eigenvalue weighted by Crippen LogP contribution is -2.10. The molecule has 0 saturated carbocycles. The van der Waals surface area contributed by atoms with Crippen LogP contribution in [-0.2, 0) is 6.42 Å². The molecule has 13 heavy (non-hydrogen) atoms. The lowest BCUT2D eigenvalue weighted by atomic mass is 10.0. The van der Waals surface area contributed by atoms with Crippen molar-refractivity contribution in [1.82, 2.24) is 5.32 Å². The van der Waals surface area contributed by atoms with Crippen LogP contribution in [0.1, 0.15) is 16.7 Å². The smallest absolute Gasteiger partial charge is 0.126 e. The van der Waals surface area contributed by atoms with E-state index in [1.165, 1.54) is 0 Å². The molecule has 0 fully saturated rings. The van der Waals surface area contributed by atoms with Crippen LogP contribution >= 0.6 is 0 Å². The zero-order valence-electron chi connectivity index (χ0n) is 8.45. The normalized spacial score (nSPS) is 10.5. The molecule has 0 atom stereocenters. The lowest BCUT2D eigenvalue weighted by Gasteiger charge is -2.06. The average molecular weight is 181 g/mol. The Labute approximate surface area is 79.0 Å². The maximum atomic E-state index is 13.2. The molecule has 1 aromatic carbocycles. The van der Waals surface area contributed by atoms with Gasteiger partial charge >= 0.3 is 0 Å². The van der Waals surface area contributed by atoms with Gasteiger partial charge in [0, 0.05) is 0 Å². The van der Waals surface area contributed by atoms with Crippen LogP contribution in [0.2, 0.25) is 0 Å². The van der Waals surface area contributed by atoms with Gasteiger partial charge in [0.15, 0.2) is 0 Å². The van der Waals surface area contributed by atoms with Gasteiger partial charge in [0.25, 0.3) is 0 Å². The zero-order chi connectivity index (χ0) is 9.84. The molecule has 0 unspecified atom stereocenters. The van der Waals surface area contributed by atoms with E-state index in [1.807, 2.05) is 20.9 Å². The Hall–Kier alpha value is -0.890. The molecule has 1 aromatic rings. The molecule has 0 radical (unpaired) electrons. The fourth-order valence-electron chi connectivity index (χ4n) is 1.30. The van der Waals surface area contributed by atoms with Gasteiger partial charge < -0.3 is 5.32 Å². The van der Waals surface area contributed by atoms with E-state index in [-0.39, 0.29) is 5.82 Å². The van der Waals surface area contributed by atoms with Crippen LogP contribution in [-0.4, -0.2) is 13.6 Å². The minimum Gasteiger partial charge on any atom is -0.319 e. The molecule has 0 heterocycles. The number of nitrogens with one attached hydrogen (secondary N) is 1. The molecule has 2 heteroatoms. The number of halogens is 1. The van der Waals surface area contributed by atoms with Gasteiger partial charge in [-0.25, -0.2) is 4.39 Å². The average Bonchev–Trinajstić information content (AvgIpc) is 2.10. The summed E-state index contributed by atoms with van der Waals surface area (Å²) in [6, 6.07) is 3.68. The maximum Gasteiger partial charge on any atom is 0.126 e. The largest absolute Gasteiger partial charge is 0.319 e. The summed E-state index contributed by atoms with van der Waals surface area (Å²) in [6.45, 7) is 4.65. The van der Waals surface area contributed by atoms with E-state index in [1.54, 1.807) is 6.07 Å². The van der Waals surface area contributed by atoms with Crippen LogP contribution in [0.25, 0.3) is 0 Å². The quantitative estimate of drug-likeness (QED) is 0.753. The van der Waals surface area contributed by atoms with Gasteiger partial charge in [-0.2, -0.15) is 0 Å². The number of hydrogen-bond acceptors (Lipinski definition) is 1. The van der Waals surface area contributed by atoms with Crippen molar-refractivity contribution in [1.29, 1.82) is 0 Å². The third-order valence-electron chi connectivity index (χ3n) is 2.33. The number of hydrogen-bond donors (Lipinski definition) is 1. The molecule has 0 aromatic heterocycles. The van der Waals surface area contributed by atoms with Gasteiger partial charge in [-0.1, -0.05) is 6.07 Å². The van der Waals surface area contributed by atoms with Crippen LogP contribution in [0.5, 0.6) is 0 Å². The van der Waals surface area contributed by atoms with Crippen LogP contribution in [0.4, 0.5) is 4.39 Å². The monoisotopic (exact) mass is 181 g/mol. The third-order valence-corrected chi connectivity index (χ3v) is 2.33. The lowest BCUT2D eigenvalue weighted by molar-refractivity contribution is 0.613. The fourth-order valence-corrected chi connectivity index (χ4v) is 1.30. The highest BCUT2D eigenvalue weighted by Crippen LogP contribution is 2.14. The van der Waals surface area contributed by atoms with Crippen LogP contribution in [0, 0.1) is 19.7 Å². The number of rotatable bonds is 3. The first-order valence-corrected chi connectivity index (χ1v) is 4.55. The summed E-state index contributed by atoms with van der Waals surface area (Å²) in [7, 11) is 1.90. The molecule has 0 aliphatic carbocycles. The van der Waals surface area contributed by atoms with Crippen molar-refractivity contribution in [2.75, 3.05) is 13.6 Å². The Bertz CT molecular complexity index is 271. The Kier molecular flexibility index (Phi) is 3.43. The summed E-state index contributed by atoms with van der Waals surface area (Å²) in [6.07, 6.45) is 0.883. The van der Waals surface area contributed by atoms with Crippen LogP contribution in [0.15, 0.2) is 12.1 Å². The molecule has 0 saturated heterocycles. The van der Waals surface area contributed by atoms with Crippen LogP contribution in [0.3, 0.4) is 0 Å². The minimum atomic E-state index is -0.0916. The van der Waals surface area contributed by atoms with Crippen molar-refractivity contribution >= 4 is 0 Å². The second kappa shape index (κ2) is 4.38. The van der Waals surface area contributed by atoms with Crippen LogP contribution < -0.4 is 5.32 Å². The number of likely N-dealkylation sites (N-methyl/N-ethyl adjacent to an activating group) is 1. The Morgan fingerprint density at radius 3 is 2.54 bits per heavy atom. The molecule has 0 aliphatic heterocycles. The molecule has 0 spiro atoms. The highest BCUT2D eigenvalue weighted by Gasteiger charge is 2.02. The van der Waals surface area contributed by atoms with E-state index in [0.29, 0.717) is 0 Å². The standard InChI is InChI=1S/C11H16FN/c1-8-6-10(4-5-13-3)7-11(12)9(8)2/h6-7,13H,4-5H2,1-3H3. The van der Waals surface area contributed by atoms with Crippen molar-refractivity contribution in [3.05, 3.63) is 34.6 Å². The summed E-state index contributed by atoms with van der Waals surface area (Å²) >= 11 is 0. The first kappa shape index (κ1) is 10.2. The number of aryl methyl sites for hydroxylation is 1. The first-order valence-electron chi connectivity index (χ1n) is 4.55.